The summed E-state index contributed by atoms with van der Waals surface area (Å²) < 4.78 is 8.05. The molecule has 1 amide bonds. The van der Waals surface area contributed by atoms with Gasteiger partial charge in [0.1, 0.15) is 5.75 Å². The standard InChI is InChI=1S/C24H18BrCl2N5O2S/c1-34-21-11-4-17(25)12-16(21)13-28-29-22(33)14-35-24-31-30-23(15-2-5-18(26)6-3-15)32(24)20-9-7-19(27)8-10-20/h2-13H,14H2,1H3,(H,29,33)/b28-13+. The van der Waals surface area contributed by atoms with E-state index in [-0.39, 0.29) is 11.7 Å². The number of nitrogens with zero attached hydrogens (tertiary/aromatic N) is 4. The number of carbonyl (C=O) groups is 1. The minimum Gasteiger partial charge on any atom is -0.496 e. The monoisotopic (exact) mass is 589 g/mol. The van der Waals surface area contributed by atoms with Gasteiger partial charge in [0.05, 0.1) is 19.1 Å². The first kappa shape index (κ1) is 25.2. The predicted molar refractivity (Wildman–Crippen MR) is 144 cm³/mol. The van der Waals surface area contributed by atoms with Crippen molar-refractivity contribution >= 4 is 63.0 Å². The average Bonchev–Trinajstić information content (AvgIpc) is 3.28. The molecule has 7 nitrogen and oxygen atoms in total. The normalized spacial score (nSPS) is 11.1. The maximum Gasteiger partial charge on any atom is 0.250 e. The van der Waals surface area contributed by atoms with Gasteiger partial charge in [-0.2, -0.15) is 5.10 Å². The number of rotatable bonds is 8. The van der Waals surface area contributed by atoms with Crippen LogP contribution in [0.1, 0.15) is 5.56 Å². The van der Waals surface area contributed by atoms with Crippen molar-refractivity contribution < 1.29 is 9.53 Å². The number of hydrazone groups is 1. The third-order valence-corrected chi connectivity index (χ3v) is 6.66. The van der Waals surface area contributed by atoms with Crippen LogP contribution in [0.5, 0.6) is 5.75 Å². The second kappa shape index (κ2) is 11.7. The molecule has 1 heterocycles. The molecule has 0 fully saturated rings. The molecule has 178 valence electrons. The summed E-state index contributed by atoms with van der Waals surface area (Å²) in [5.41, 5.74) is 4.91. The average molecular weight is 591 g/mol. The van der Waals surface area contributed by atoms with E-state index < -0.39 is 0 Å². The van der Waals surface area contributed by atoms with E-state index in [4.69, 9.17) is 27.9 Å². The largest absolute Gasteiger partial charge is 0.496 e. The number of carbonyl (C=O) groups excluding carboxylic acids is 1. The van der Waals surface area contributed by atoms with Crippen molar-refractivity contribution in [1.29, 1.82) is 0 Å². The number of hydrogen-bond donors (Lipinski definition) is 1. The van der Waals surface area contributed by atoms with Crippen molar-refractivity contribution in [1.82, 2.24) is 20.2 Å². The van der Waals surface area contributed by atoms with E-state index in [9.17, 15) is 4.79 Å². The van der Waals surface area contributed by atoms with Crippen molar-refractivity contribution in [3.05, 3.63) is 86.8 Å². The molecule has 4 aromatic rings. The van der Waals surface area contributed by atoms with Crippen molar-refractivity contribution in [3.63, 3.8) is 0 Å². The topological polar surface area (TPSA) is 81.4 Å². The molecule has 0 saturated heterocycles. The van der Waals surface area contributed by atoms with Gasteiger partial charge in [-0.05, 0) is 66.7 Å². The van der Waals surface area contributed by atoms with E-state index in [1.54, 1.807) is 31.4 Å². The van der Waals surface area contributed by atoms with Gasteiger partial charge in [-0.15, -0.1) is 10.2 Å². The highest BCUT2D eigenvalue weighted by Gasteiger charge is 2.17. The summed E-state index contributed by atoms with van der Waals surface area (Å²) in [4.78, 5) is 12.5. The van der Waals surface area contributed by atoms with E-state index in [1.807, 2.05) is 47.0 Å². The fraction of sp³-hybridized carbons (Fsp3) is 0.0833. The summed E-state index contributed by atoms with van der Waals surface area (Å²) in [5, 5.41) is 14.5. The molecule has 1 N–H and O–H groups in total. The predicted octanol–water partition coefficient (Wildman–Crippen LogP) is 6.25. The number of nitrogens with one attached hydrogen (secondary N) is 1. The lowest BCUT2D eigenvalue weighted by Crippen LogP contribution is -2.20. The fourth-order valence-corrected chi connectivity index (χ4v) is 4.49. The number of halogens is 3. The van der Waals surface area contributed by atoms with Crippen molar-refractivity contribution in [3.8, 4) is 22.8 Å². The van der Waals surface area contributed by atoms with Crippen LogP contribution in [0.25, 0.3) is 17.1 Å². The van der Waals surface area contributed by atoms with Crippen LogP contribution in [0, 0.1) is 0 Å². The van der Waals surface area contributed by atoms with Gasteiger partial charge in [0, 0.05) is 31.3 Å². The summed E-state index contributed by atoms with van der Waals surface area (Å²) in [7, 11) is 1.57. The zero-order chi connectivity index (χ0) is 24.8. The molecule has 0 atom stereocenters. The second-order valence-electron chi connectivity index (χ2n) is 7.09. The summed E-state index contributed by atoms with van der Waals surface area (Å²) in [5.74, 6) is 1.05. The number of methoxy groups -OCH3 is 1. The molecule has 35 heavy (non-hydrogen) atoms. The van der Waals surface area contributed by atoms with E-state index in [0.29, 0.717) is 26.8 Å². The Morgan fingerprint density at radius 2 is 1.77 bits per heavy atom. The highest BCUT2D eigenvalue weighted by atomic mass is 79.9. The smallest absolute Gasteiger partial charge is 0.250 e. The Morgan fingerprint density at radius 3 is 2.46 bits per heavy atom. The molecule has 11 heteroatoms. The van der Waals surface area contributed by atoms with E-state index >= 15 is 0 Å². The van der Waals surface area contributed by atoms with Gasteiger partial charge in [-0.3, -0.25) is 9.36 Å². The van der Waals surface area contributed by atoms with Crippen molar-refractivity contribution in [2.45, 2.75) is 5.16 Å². The maximum atomic E-state index is 12.5. The zero-order valence-electron chi connectivity index (χ0n) is 18.3. The lowest BCUT2D eigenvalue weighted by molar-refractivity contribution is -0.118. The molecule has 0 spiro atoms. The molecule has 0 unspecified atom stereocenters. The SMILES string of the molecule is COc1ccc(Br)cc1/C=N/NC(=O)CSc1nnc(-c2ccc(Cl)cc2)n1-c1ccc(Cl)cc1. The van der Waals surface area contributed by atoms with Gasteiger partial charge >= 0.3 is 0 Å². The van der Waals surface area contributed by atoms with Crippen LogP contribution in [-0.2, 0) is 4.79 Å². The number of amides is 1. The Bertz CT molecular complexity index is 1360. The van der Waals surface area contributed by atoms with E-state index in [1.165, 1.54) is 18.0 Å². The Labute approximate surface area is 224 Å². The molecule has 0 radical (unpaired) electrons. The van der Waals surface area contributed by atoms with Crippen LogP contribution in [0.15, 0.2) is 81.5 Å². The first-order chi connectivity index (χ1) is 16.9. The summed E-state index contributed by atoms with van der Waals surface area (Å²) in [6.45, 7) is 0. The van der Waals surface area contributed by atoms with E-state index in [2.05, 4.69) is 36.7 Å². The van der Waals surface area contributed by atoms with Gasteiger partial charge in [0.15, 0.2) is 11.0 Å². The van der Waals surface area contributed by atoms with Crippen LogP contribution < -0.4 is 10.2 Å². The zero-order valence-corrected chi connectivity index (χ0v) is 22.2. The summed E-state index contributed by atoms with van der Waals surface area (Å²) in [6, 6.07) is 20.1. The number of hydrogen-bond acceptors (Lipinski definition) is 6. The van der Waals surface area contributed by atoms with Crippen LogP contribution in [0.4, 0.5) is 0 Å². The van der Waals surface area contributed by atoms with Gasteiger partial charge < -0.3 is 4.74 Å². The minimum atomic E-state index is -0.293. The second-order valence-corrected chi connectivity index (χ2v) is 9.82. The first-order valence-electron chi connectivity index (χ1n) is 10.2. The molecule has 0 aliphatic carbocycles. The number of thioether (sulfide) groups is 1. The quantitative estimate of drug-likeness (QED) is 0.149. The van der Waals surface area contributed by atoms with Crippen molar-refractivity contribution in [2.24, 2.45) is 5.10 Å². The molecule has 0 aliphatic rings. The van der Waals surface area contributed by atoms with Crippen LogP contribution >= 0.6 is 50.9 Å². The first-order valence-corrected chi connectivity index (χ1v) is 12.7. The number of benzene rings is 3. The molecule has 0 bridgehead atoms. The minimum absolute atomic E-state index is 0.0826. The Morgan fingerprint density at radius 1 is 1.09 bits per heavy atom. The lowest BCUT2D eigenvalue weighted by atomic mass is 10.2. The molecular weight excluding hydrogens is 573 g/mol. The molecule has 3 aromatic carbocycles. The highest BCUT2D eigenvalue weighted by molar-refractivity contribution is 9.10. The highest BCUT2D eigenvalue weighted by Crippen LogP contribution is 2.29. The van der Waals surface area contributed by atoms with Crippen LogP contribution in [0.3, 0.4) is 0 Å². The third-order valence-electron chi connectivity index (χ3n) is 4.74. The van der Waals surface area contributed by atoms with Gasteiger partial charge in [-0.25, -0.2) is 5.43 Å². The third kappa shape index (κ3) is 6.43. The van der Waals surface area contributed by atoms with Crippen LogP contribution in [0.2, 0.25) is 10.0 Å². The van der Waals surface area contributed by atoms with E-state index in [0.717, 1.165) is 21.3 Å². The Kier molecular flexibility index (Phi) is 8.46. The lowest BCUT2D eigenvalue weighted by Gasteiger charge is -2.10. The molecule has 1 aromatic heterocycles. The number of ether oxygens (including phenoxy) is 1. The molecule has 0 aliphatic heterocycles. The van der Waals surface area contributed by atoms with Gasteiger partial charge in [-0.1, -0.05) is 50.9 Å². The fourth-order valence-electron chi connectivity index (χ4n) is 3.11. The molecule has 4 rings (SSSR count). The summed E-state index contributed by atoms with van der Waals surface area (Å²) in [6.07, 6.45) is 1.53. The van der Waals surface area contributed by atoms with Crippen molar-refractivity contribution in [2.75, 3.05) is 12.9 Å². The van der Waals surface area contributed by atoms with Gasteiger partial charge in [0.2, 0.25) is 0 Å². The maximum absolute atomic E-state index is 12.5. The Balaban J connectivity index is 1.51. The molecular formula is C24H18BrCl2N5O2S. The molecule has 0 saturated carbocycles. The Hall–Kier alpha value is -2.85. The summed E-state index contributed by atoms with van der Waals surface area (Å²) >= 11 is 16.8. The number of aromatic nitrogens is 3. The van der Waals surface area contributed by atoms with Crippen LogP contribution in [-0.4, -0.2) is 39.7 Å². The van der Waals surface area contributed by atoms with Gasteiger partial charge in [0.25, 0.3) is 5.91 Å².